The minimum Gasteiger partial charge on any atom is -0.394 e. The number of likely N-dealkylation sites (tertiary alicyclic amines) is 1. The zero-order valence-electron chi connectivity index (χ0n) is 15.2. The van der Waals surface area contributed by atoms with Gasteiger partial charge in [-0.05, 0) is 11.1 Å². The van der Waals surface area contributed by atoms with Crippen LogP contribution in [0.15, 0.2) is 66.3 Å². The molecule has 2 N–H and O–H groups in total. The molecule has 3 rings (SSSR count). The van der Waals surface area contributed by atoms with Crippen molar-refractivity contribution in [3.8, 4) is 0 Å². The average molecular weight is 339 g/mol. The second-order valence-electron chi connectivity index (χ2n) is 7.88. The maximum Gasteiger partial charge on any atom is 0.0817 e. The Morgan fingerprint density at radius 1 is 1.16 bits per heavy atom. The molecule has 1 fully saturated rings. The average Bonchev–Trinajstić information content (AvgIpc) is 2.92. The smallest absolute Gasteiger partial charge is 0.0817 e. The number of rotatable bonds is 5. The molecule has 0 saturated carbocycles. The number of nitrogens with zero attached hydrogens (tertiary/aromatic N) is 1. The Labute approximate surface area is 151 Å². The van der Waals surface area contributed by atoms with Gasteiger partial charge >= 0.3 is 0 Å². The molecular formula is C22H29NO2. The highest BCUT2D eigenvalue weighted by molar-refractivity contribution is 5.34. The Balaban J connectivity index is 1.79. The molecule has 3 heteroatoms. The molecule has 1 heterocycles. The molecule has 2 unspecified atom stereocenters. The molecule has 3 nitrogen and oxygen atoms in total. The van der Waals surface area contributed by atoms with E-state index in [2.05, 4.69) is 73.4 Å². The maximum absolute atomic E-state index is 10.4. The van der Waals surface area contributed by atoms with E-state index in [0.29, 0.717) is 0 Å². The summed E-state index contributed by atoms with van der Waals surface area (Å²) in [4.78, 5) is 2.39. The first-order valence-electron chi connectivity index (χ1n) is 9.12. The van der Waals surface area contributed by atoms with Crippen molar-refractivity contribution in [3.63, 3.8) is 0 Å². The van der Waals surface area contributed by atoms with E-state index < -0.39 is 6.10 Å². The standard InChI is InChI=1S/C22H29NO2/c1-22(2)11-6-9-18(10-12-22)19-14-23(15-20(19)21(25)16-24)13-17-7-4-3-5-8-17/h3-12,19-21,24-25H,13-16H2,1-2H3/t19-,20?,21?/m1/s1. The Bertz CT molecular complexity index is 660. The van der Waals surface area contributed by atoms with Crippen LogP contribution in [0.1, 0.15) is 19.4 Å². The molecule has 1 aliphatic carbocycles. The largest absolute Gasteiger partial charge is 0.394 e. The predicted molar refractivity (Wildman–Crippen MR) is 102 cm³/mol. The van der Waals surface area contributed by atoms with E-state index in [1.807, 2.05) is 6.07 Å². The van der Waals surface area contributed by atoms with E-state index in [-0.39, 0.29) is 23.9 Å². The summed E-state index contributed by atoms with van der Waals surface area (Å²) in [7, 11) is 0. The predicted octanol–water partition coefficient (Wildman–Crippen LogP) is 3.17. The minimum absolute atomic E-state index is 0.0473. The van der Waals surface area contributed by atoms with Gasteiger partial charge in [0.05, 0.1) is 12.7 Å². The van der Waals surface area contributed by atoms with Crippen molar-refractivity contribution in [2.45, 2.75) is 26.5 Å². The fourth-order valence-electron chi connectivity index (χ4n) is 3.84. The molecule has 1 aromatic rings. The first-order chi connectivity index (χ1) is 12.0. The topological polar surface area (TPSA) is 43.7 Å². The summed E-state index contributed by atoms with van der Waals surface area (Å²) < 4.78 is 0. The van der Waals surface area contributed by atoms with Crippen molar-refractivity contribution >= 4 is 0 Å². The Morgan fingerprint density at radius 3 is 2.64 bits per heavy atom. The van der Waals surface area contributed by atoms with E-state index >= 15 is 0 Å². The second kappa shape index (κ2) is 7.69. The van der Waals surface area contributed by atoms with E-state index in [1.54, 1.807) is 0 Å². The van der Waals surface area contributed by atoms with Crippen molar-refractivity contribution in [1.29, 1.82) is 0 Å². The number of hydrogen-bond donors (Lipinski definition) is 2. The van der Waals surface area contributed by atoms with Gasteiger partial charge < -0.3 is 10.2 Å². The zero-order valence-corrected chi connectivity index (χ0v) is 15.2. The van der Waals surface area contributed by atoms with Crippen LogP contribution in [0.25, 0.3) is 0 Å². The van der Waals surface area contributed by atoms with Crippen LogP contribution < -0.4 is 0 Å². The quantitative estimate of drug-likeness (QED) is 0.866. The molecule has 1 saturated heterocycles. The summed E-state index contributed by atoms with van der Waals surface area (Å²) in [6.45, 7) is 6.78. The normalized spacial score (nSPS) is 27.1. The lowest BCUT2D eigenvalue weighted by atomic mass is 9.84. The number of aliphatic hydroxyl groups is 2. The third kappa shape index (κ3) is 4.49. The fraction of sp³-hybridized carbons (Fsp3) is 0.455. The van der Waals surface area contributed by atoms with Gasteiger partial charge in [0.1, 0.15) is 0 Å². The second-order valence-corrected chi connectivity index (χ2v) is 7.88. The third-order valence-corrected chi connectivity index (χ3v) is 5.32. The van der Waals surface area contributed by atoms with Crippen LogP contribution in [0.5, 0.6) is 0 Å². The van der Waals surface area contributed by atoms with Crippen molar-refractivity contribution in [2.24, 2.45) is 17.3 Å². The summed E-state index contributed by atoms with van der Waals surface area (Å²) in [6.07, 6.45) is 10.2. The van der Waals surface area contributed by atoms with Gasteiger partial charge in [0, 0.05) is 36.9 Å². The van der Waals surface area contributed by atoms with E-state index in [4.69, 9.17) is 0 Å². The molecule has 3 atom stereocenters. The number of aliphatic hydroxyl groups excluding tert-OH is 2. The minimum atomic E-state index is -0.680. The van der Waals surface area contributed by atoms with Crippen LogP contribution in [0.3, 0.4) is 0 Å². The first-order valence-corrected chi connectivity index (χ1v) is 9.12. The molecule has 25 heavy (non-hydrogen) atoms. The molecule has 1 aromatic carbocycles. The summed E-state index contributed by atoms with van der Waals surface area (Å²) in [5.74, 6) is 0.292. The molecular weight excluding hydrogens is 310 g/mol. The lowest BCUT2D eigenvalue weighted by molar-refractivity contribution is 0.0406. The van der Waals surface area contributed by atoms with Gasteiger partial charge in [-0.25, -0.2) is 0 Å². The van der Waals surface area contributed by atoms with Crippen LogP contribution in [0.4, 0.5) is 0 Å². The number of benzene rings is 1. The van der Waals surface area contributed by atoms with Gasteiger partial charge in [0.25, 0.3) is 0 Å². The summed E-state index contributed by atoms with van der Waals surface area (Å²) >= 11 is 0. The van der Waals surface area contributed by atoms with Gasteiger partial charge in [0.2, 0.25) is 0 Å². The van der Waals surface area contributed by atoms with Gasteiger partial charge in [-0.2, -0.15) is 0 Å². The van der Waals surface area contributed by atoms with Crippen molar-refractivity contribution in [2.75, 3.05) is 19.7 Å². The lowest BCUT2D eigenvalue weighted by Crippen LogP contribution is -2.31. The molecule has 0 spiro atoms. The van der Waals surface area contributed by atoms with E-state index in [9.17, 15) is 10.2 Å². The van der Waals surface area contributed by atoms with Gasteiger partial charge in [-0.15, -0.1) is 0 Å². The zero-order chi connectivity index (χ0) is 17.9. The fourth-order valence-corrected chi connectivity index (χ4v) is 3.84. The maximum atomic E-state index is 10.4. The monoisotopic (exact) mass is 339 g/mol. The van der Waals surface area contributed by atoms with E-state index in [1.165, 1.54) is 11.1 Å². The highest BCUT2D eigenvalue weighted by Gasteiger charge is 2.38. The molecule has 134 valence electrons. The highest BCUT2D eigenvalue weighted by atomic mass is 16.3. The van der Waals surface area contributed by atoms with Crippen molar-refractivity contribution in [1.82, 2.24) is 4.90 Å². The van der Waals surface area contributed by atoms with Crippen LogP contribution in [0.2, 0.25) is 0 Å². The summed E-state index contributed by atoms with van der Waals surface area (Å²) in [5.41, 5.74) is 2.58. The Kier molecular flexibility index (Phi) is 5.57. The molecule has 0 amide bonds. The summed E-state index contributed by atoms with van der Waals surface area (Å²) in [5, 5.41) is 19.9. The number of allylic oxidation sites excluding steroid dienone is 5. The molecule has 1 aliphatic heterocycles. The number of hydrogen-bond acceptors (Lipinski definition) is 3. The van der Waals surface area contributed by atoms with Crippen LogP contribution in [0, 0.1) is 17.3 Å². The Morgan fingerprint density at radius 2 is 1.92 bits per heavy atom. The van der Waals surface area contributed by atoms with E-state index in [0.717, 1.165) is 19.6 Å². The Hall–Kier alpha value is -1.68. The molecule has 0 radical (unpaired) electrons. The lowest BCUT2D eigenvalue weighted by Gasteiger charge is -2.23. The van der Waals surface area contributed by atoms with Gasteiger partial charge in [-0.1, -0.05) is 74.6 Å². The van der Waals surface area contributed by atoms with Crippen LogP contribution in [-0.4, -0.2) is 40.9 Å². The molecule has 0 bridgehead atoms. The van der Waals surface area contributed by atoms with Gasteiger partial charge in [0.15, 0.2) is 0 Å². The van der Waals surface area contributed by atoms with Crippen LogP contribution >= 0.6 is 0 Å². The molecule has 0 aromatic heterocycles. The van der Waals surface area contributed by atoms with Crippen molar-refractivity contribution in [3.05, 3.63) is 71.8 Å². The first kappa shape index (κ1) is 18.1. The highest BCUT2D eigenvalue weighted by Crippen LogP contribution is 2.35. The van der Waals surface area contributed by atoms with Crippen LogP contribution in [-0.2, 0) is 6.54 Å². The van der Waals surface area contributed by atoms with Gasteiger partial charge in [-0.3, -0.25) is 4.90 Å². The summed E-state index contributed by atoms with van der Waals surface area (Å²) in [6, 6.07) is 10.4. The SMILES string of the molecule is CC1(C)C=CC=C([C@H]2CN(Cc3ccccc3)CC2C(O)CO)C=C1. The third-order valence-electron chi connectivity index (χ3n) is 5.32. The van der Waals surface area contributed by atoms with Crippen molar-refractivity contribution < 1.29 is 10.2 Å². The molecule has 2 aliphatic rings.